The predicted octanol–water partition coefficient (Wildman–Crippen LogP) is 3.86. The minimum atomic E-state index is -0.793. The molecule has 0 radical (unpaired) electrons. The first-order chi connectivity index (χ1) is 10.1. The molecule has 4 heteroatoms. The highest BCUT2D eigenvalue weighted by Crippen LogP contribution is 2.26. The van der Waals surface area contributed by atoms with Crippen molar-refractivity contribution < 1.29 is 9.90 Å². The molecule has 0 aliphatic heterocycles. The zero-order chi connectivity index (χ0) is 15.2. The summed E-state index contributed by atoms with van der Waals surface area (Å²) in [4.78, 5) is 12.0. The molecule has 0 aliphatic carbocycles. The fourth-order valence-electron chi connectivity index (χ4n) is 2.31. The molecule has 2 N–H and O–H groups in total. The van der Waals surface area contributed by atoms with E-state index in [-0.39, 0.29) is 6.42 Å². The normalized spacial score (nSPS) is 12.5. The van der Waals surface area contributed by atoms with Gasteiger partial charge in [0.15, 0.2) is 0 Å². The smallest absolute Gasteiger partial charge is 0.307 e. The zero-order valence-corrected chi connectivity index (χ0v) is 13.2. The number of hydrogen-bond acceptors (Lipinski definition) is 3. The molecule has 1 aromatic heterocycles. The van der Waals surface area contributed by atoms with Gasteiger partial charge in [0.2, 0.25) is 0 Å². The molecule has 0 aliphatic rings. The number of carbonyl (C=O) groups is 1. The van der Waals surface area contributed by atoms with E-state index in [1.807, 2.05) is 24.3 Å². The highest BCUT2D eigenvalue weighted by molar-refractivity contribution is 7.10. The molecule has 0 bridgehead atoms. The van der Waals surface area contributed by atoms with E-state index in [2.05, 4.69) is 36.7 Å². The van der Waals surface area contributed by atoms with Gasteiger partial charge in [-0.2, -0.15) is 0 Å². The molecule has 112 valence electrons. The maximum absolute atomic E-state index is 10.7. The molecule has 0 fully saturated rings. The monoisotopic (exact) mass is 303 g/mol. The van der Waals surface area contributed by atoms with Gasteiger partial charge in [-0.15, -0.1) is 11.3 Å². The summed E-state index contributed by atoms with van der Waals surface area (Å²) in [6, 6.07) is 12.4. The number of nitrogens with one attached hydrogen (secondary N) is 1. The minimum Gasteiger partial charge on any atom is -0.481 e. The lowest BCUT2D eigenvalue weighted by molar-refractivity contribution is -0.136. The lowest BCUT2D eigenvalue weighted by Gasteiger charge is -2.21. The summed E-state index contributed by atoms with van der Waals surface area (Å²) >= 11 is 1.78. The number of carboxylic acids is 1. The van der Waals surface area contributed by atoms with Gasteiger partial charge in [0.25, 0.3) is 0 Å². The van der Waals surface area contributed by atoms with Gasteiger partial charge in [0.1, 0.15) is 0 Å². The Morgan fingerprint density at radius 2 is 1.86 bits per heavy atom. The number of hydrogen-bond donors (Lipinski definition) is 2. The van der Waals surface area contributed by atoms with Crippen LogP contribution in [0.15, 0.2) is 41.8 Å². The van der Waals surface area contributed by atoms with Crippen molar-refractivity contribution in [3.63, 3.8) is 0 Å². The minimum absolute atomic E-state index is 0.0809. The van der Waals surface area contributed by atoms with Crippen molar-refractivity contribution in [1.82, 2.24) is 5.32 Å². The Morgan fingerprint density at radius 1 is 1.19 bits per heavy atom. The van der Waals surface area contributed by atoms with Crippen molar-refractivity contribution in [2.24, 2.45) is 5.92 Å². The van der Waals surface area contributed by atoms with Crippen molar-refractivity contribution >= 4 is 17.3 Å². The Balaban J connectivity index is 1.96. The summed E-state index contributed by atoms with van der Waals surface area (Å²) in [5.41, 5.74) is 2.01. The van der Waals surface area contributed by atoms with Crippen LogP contribution in [0.4, 0.5) is 0 Å². The van der Waals surface area contributed by atoms with E-state index in [4.69, 9.17) is 5.11 Å². The molecule has 2 rings (SSSR count). The van der Waals surface area contributed by atoms with E-state index < -0.39 is 5.97 Å². The van der Waals surface area contributed by atoms with Crippen LogP contribution in [-0.4, -0.2) is 11.1 Å². The second kappa shape index (κ2) is 7.38. The highest BCUT2D eigenvalue weighted by Gasteiger charge is 2.15. The topological polar surface area (TPSA) is 49.3 Å². The van der Waals surface area contributed by atoms with Gasteiger partial charge >= 0.3 is 5.97 Å². The van der Waals surface area contributed by atoms with Gasteiger partial charge in [-0.25, -0.2) is 0 Å². The van der Waals surface area contributed by atoms with Gasteiger partial charge in [-0.3, -0.25) is 4.79 Å². The van der Waals surface area contributed by atoms with Gasteiger partial charge < -0.3 is 10.4 Å². The Bertz CT molecular complexity index is 561. The molecular weight excluding hydrogens is 282 g/mol. The first-order valence-electron chi connectivity index (χ1n) is 7.12. The molecular formula is C17H21NO2S. The van der Waals surface area contributed by atoms with E-state index in [0.29, 0.717) is 12.0 Å². The van der Waals surface area contributed by atoms with Crippen LogP contribution in [0.5, 0.6) is 0 Å². The summed E-state index contributed by atoms with van der Waals surface area (Å²) < 4.78 is 0. The maximum Gasteiger partial charge on any atom is 0.307 e. The van der Waals surface area contributed by atoms with Gasteiger partial charge in [0.05, 0.1) is 6.42 Å². The van der Waals surface area contributed by atoms with Crippen LogP contribution in [0.3, 0.4) is 0 Å². The fraction of sp³-hybridized carbons (Fsp3) is 0.353. The first-order valence-corrected chi connectivity index (χ1v) is 8.00. The number of thiophene rings is 1. The molecule has 21 heavy (non-hydrogen) atoms. The third-order valence-electron chi connectivity index (χ3n) is 3.42. The SMILES string of the molecule is CC(C)C(NCc1ccc(CC(=O)O)cc1)c1cccs1. The van der Waals surface area contributed by atoms with Crippen LogP contribution in [0, 0.1) is 5.92 Å². The fourth-order valence-corrected chi connectivity index (χ4v) is 3.28. The van der Waals surface area contributed by atoms with Gasteiger partial charge in [-0.05, 0) is 28.5 Å². The van der Waals surface area contributed by atoms with E-state index in [1.165, 1.54) is 10.4 Å². The van der Waals surface area contributed by atoms with Crippen LogP contribution in [0.1, 0.15) is 35.9 Å². The molecule has 0 amide bonds. The number of carboxylic acid groups (broad SMARTS) is 1. The van der Waals surface area contributed by atoms with Gasteiger partial charge in [-0.1, -0.05) is 44.2 Å². The number of aliphatic carboxylic acids is 1. The lowest BCUT2D eigenvalue weighted by Crippen LogP contribution is -2.24. The zero-order valence-electron chi connectivity index (χ0n) is 12.4. The number of rotatable bonds is 7. The Morgan fingerprint density at radius 3 is 2.38 bits per heavy atom. The van der Waals surface area contributed by atoms with Crippen molar-refractivity contribution in [3.05, 3.63) is 57.8 Å². The molecule has 1 heterocycles. The largest absolute Gasteiger partial charge is 0.481 e. The quantitative estimate of drug-likeness (QED) is 0.816. The third-order valence-corrected chi connectivity index (χ3v) is 4.38. The Kier molecular flexibility index (Phi) is 5.53. The summed E-state index contributed by atoms with van der Waals surface area (Å²) in [6.07, 6.45) is 0.0809. The number of benzene rings is 1. The highest BCUT2D eigenvalue weighted by atomic mass is 32.1. The van der Waals surface area contributed by atoms with Gasteiger partial charge in [0, 0.05) is 17.5 Å². The molecule has 2 aromatic rings. The molecule has 0 saturated heterocycles. The third kappa shape index (κ3) is 4.69. The van der Waals surface area contributed by atoms with E-state index in [1.54, 1.807) is 11.3 Å². The first kappa shape index (κ1) is 15.7. The van der Waals surface area contributed by atoms with Crippen LogP contribution in [0.25, 0.3) is 0 Å². The van der Waals surface area contributed by atoms with Crippen LogP contribution in [-0.2, 0) is 17.8 Å². The van der Waals surface area contributed by atoms with Crippen molar-refractivity contribution in [2.45, 2.75) is 32.9 Å². The molecule has 0 spiro atoms. The Labute approximate surface area is 129 Å². The van der Waals surface area contributed by atoms with Crippen LogP contribution < -0.4 is 5.32 Å². The molecule has 1 aromatic carbocycles. The average Bonchev–Trinajstić information content (AvgIpc) is 2.94. The maximum atomic E-state index is 10.7. The van der Waals surface area contributed by atoms with Crippen molar-refractivity contribution in [3.8, 4) is 0 Å². The van der Waals surface area contributed by atoms with Crippen molar-refractivity contribution in [1.29, 1.82) is 0 Å². The van der Waals surface area contributed by atoms with Crippen LogP contribution >= 0.6 is 11.3 Å². The summed E-state index contributed by atoms with van der Waals surface area (Å²) in [5, 5.41) is 14.5. The molecule has 1 atom stereocenters. The lowest BCUT2D eigenvalue weighted by atomic mass is 10.0. The summed E-state index contributed by atoms with van der Waals surface area (Å²) in [5.74, 6) is -0.270. The summed E-state index contributed by atoms with van der Waals surface area (Å²) in [7, 11) is 0. The second-order valence-electron chi connectivity index (χ2n) is 5.51. The van der Waals surface area contributed by atoms with Crippen LogP contribution in [0.2, 0.25) is 0 Å². The average molecular weight is 303 g/mol. The van der Waals surface area contributed by atoms with E-state index in [0.717, 1.165) is 12.1 Å². The van der Waals surface area contributed by atoms with E-state index >= 15 is 0 Å². The van der Waals surface area contributed by atoms with E-state index in [9.17, 15) is 4.79 Å². The Hall–Kier alpha value is -1.65. The predicted molar refractivity (Wildman–Crippen MR) is 86.5 cm³/mol. The standard InChI is InChI=1S/C17H21NO2S/c1-12(2)17(15-4-3-9-21-15)18-11-14-7-5-13(6-8-14)10-16(19)20/h3-9,12,17-18H,10-11H2,1-2H3,(H,19,20). The summed E-state index contributed by atoms with van der Waals surface area (Å²) in [6.45, 7) is 5.22. The van der Waals surface area contributed by atoms with Crippen molar-refractivity contribution in [2.75, 3.05) is 0 Å². The molecule has 3 nitrogen and oxygen atoms in total. The molecule has 0 saturated carbocycles. The molecule has 1 unspecified atom stereocenters. The second-order valence-corrected chi connectivity index (χ2v) is 6.48.